The summed E-state index contributed by atoms with van der Waals surface area (Å²) in [6, 6.07) is 39.6. The number of fused-ring (bicyclic) bond motifs is 4. The van der Waals surface area contributed by atoms with Gasteiger partial charge in [0.25, 0.3) is 0 Å². The molecule has 2 heteroatoms. The molecule has 8 rings (SSSR count). The fraction of sp³-hybridized carbons (Fsp3) is 0. The van der Waals surface area contributed by atoms with Crippen molar-refractivity contribution < 1.29 is 0 Å². The smallest absolute Gasteiger partial charge is 0.0957 e. The molecular formula is C32H18N2. The first-order valence-electron chi connectivity index (χ1n) is 11.6. The van der Waals surface area contributed by atoms with Crippen LogP contribution in [0, 0.1) is 0 Å². The fourth-order valence-electron chi connectivity index (χ4n) is 5.75. The molecule has 0 atom stereocenters. The molecule has 1 aliphatic heterocycles. The Morgan fingerprint density at radius 1 is 0.412 bits per heavy atom. The number of rotatable bonds is 2. The van der Waals surface area contributed by atoms with E-state index >= 15 is 0 Å². The molecule has 7 aromatic carbocycles. The minimum atomic E-state index is 0.927. The largest absolute Gasteiger partial charge is 0.150 e. The highest BCUT2D eigenvalue weighted by Gasteiger charge is 2.16. The molecule has 0 aliphatic carbocycles. The zero-order chi connectivity index (χ0) is 22.2. The molecule has 0 fully saturated rings. The van der Waals surface area contributed by atoms with Gasteiger partial charge in [-0.1, -0.05) is 91.0 Å². The maximum Gasteiger partial charge on any atom is 0.0957 e. The van der Waals surface area contributed by atoms with Gasteiger partial charge in [0, 0.05) is 5.56 Å². The Labute approximate surface area is 196 Å². The minimum Gasteiger partial charge on any atom is -0.150 e. The highest BCUT2D eigenvalue weighted by Crippen LogP contribution is 2.45. The highest BCUT2D eigenvalue weighted by molar-refractivity contribution is 6.35. The average Bonchev–Trinajstić information content (AvgIpc) is 3.27. The minimum absolute atomic E-state index is 0.927. The van der Waals surface area contributed by atoms with Gasteiger partial charge in [-0.05, 0) is 78.0 Å². The lowest BCUT2D eigenvalue weighted by molar-refractivity contribution is 1.31. The molecule has 1 heterocycles. The maximum absolute atomic E-state index is 4.31. The van der Waals surface area contributed by atoms with Crippen LogP contribution in [-0.2, 0) is 0 Å². The van der Waals surface area contributed by atoms with Crippen molar-refractivity contribution in [2.75, 3.05) is 0 Å². The van der Waals surface area contributed by atoms with Gasteiger partial charge in [0.15, 0.2) is 0 Å². The first kappa shape index (κ1) is 17.9. The van der Waals surface area contributed by atoms with Crippen LogP contribution in [0.2, 0.25) is 0 Å². The van der Waals surface area contributed by atoms with E-state index in [1.807, 2.05) is 12.1 Å². The third-order valence-electron chi connectivity index (χ3n) is 7.27. The first-order valence-corrected chi connectivity index (χ1v) is 11.6. The third-order valence-corrected chi connectivity index (χ3v) is 7.27. The number of hydrogen-bond donors (Lipinski definition) is 0. The second kappa shape index (κ2) is 6.49. The zero-order valence-electron chi connectivity index (χ0n) is 18.3. The van der Waals surface area contributed by atoms with E-state index < -0.39 is 0 Å². The van der Waals surface area contributed by atoms with Crippen LogP contribution in [0.4, 0.5) is 11.4 Å². The molecule has 0 amide bonds. The topological polar surface area (TPSA) is 24.7 Å². The van der Waals surface area contributed by atoms with Crippen LogP contribution in [-0.4, -0.2) is 0 Å². The van der Waals surface area contributed by atoms with Crippen LogP contribution in [0.5, 0.6) is 0 Å². The van der Waals surface area contributed by atoms with Crippen molar-refractivity contribution in [2.45, 2.75) is 0 Å². The Kier molecular flexibility index (Phi) is 3.42. The van der Waals surface area contributed by atoms with E-state index in [1.165, 1.54) is 54.2 Å². The summed E-state index contributed by atoms with van der Waals surface area (Å²) in [7, 11) is 0. The van der Waals surface area contributed by atoms with E-state index in [0.717, 1.165) is 22.5 Å². The molecule has 0 radical (unpaired) electrons. The second-order valence-corrected chi connectivity index (χ2v) is 9.08. The Hall–Kier alpha value is -4.56. The monoisotopic (exact) mass is 430 g/mol. The van der Waals surface area contributed by atoms with Gasteiger partial charge in [-0.15, -0.1) is 5.11 Å². The summed E-state index contributed by atoms with van der Waals surface area (Å²) in [6.07, 6.45) is 0. The van der Waals surface area contributed by atoms with Gasteiger partial charge in [0.05, 0.1) is 11.4 Å². The summed E-state index contributed by atoms with van der Waals surface area (Å²) in [5.74, 6) is 0. The van der Waals surface area contributed by atoms with Gasteiger partial charge in [-0.3, -0.25) is 0 Å². The Bertz CT molecular complexity index is 1940. The van der Waals surface area contributed by atoms with E-state index in [2.05, 4.69) is 107 Å². The van der Waals surface area contributed by atoms with Crippen LogP contribution in [0.15, 0.2) is 119 Å². The molecule has 2 bridgehead atoms. The van der Waals surface area contributed by atoms with Gasteiger partial charge in [0.2, 0.25) is 0 Å². The lowest BCUT2D eigenvalue weighted by Crippen LogP contribution is -1.90. The third kappa shape index (κ3) is 2.35. The maximum atomic E-state index is 4.31. The van der Waals surface area contributed by atoms with Crippen molar-refractivity contribution in [3.8, 4) is 22.3 Å². The molecule has 34 heavy (non-hydrogen) atoms. The first-order chi connectivity index (χ1) is 16.8. The molecule has 0 aromatic heterocycles. The van der Waals surface area contributed by atoms with E-state index in [9.17, 15) is 0 Å². The van der Waals surface area contributed by atoms with Crippen LogP contribution in [0.25, 0.3) is 65.3 Å². The quantitative estimate of drug-likeness (QED) is 0.193. The molecule has 0 saturated heterocycles. The van der Waals surface area contributed by atoms with Gasteiger partial charge in [-0.2, -0.15) is 5.11 Å². The van der Waals surface area contributed by atoms with E-state index in [4.69, 9.17) is 0 Å². The normalized spacial score (nSPS) is 12.6. The van der Waals surface area contributed by atoms with Gasteiger partial charge in [-0.25, -0.2) is 0 Å². The summed E-state index contributed by atoms with van der Waals surface area (Å²) >= 11 is 0. The van der Waals surface area contributed by atoms with Crippen molar-refractivity contribution in [3.05, 3.63) is 109 Å². The van der Waals surface area contributed by atoms with Crippen LogP contribution in [0.1, 0.15) is 0 Å². The molecule has 0 saturated carbocycles. The molecule has 1 aliphatic rings. The predicted molar refractivity (Wildman–Crippen MR) is 143 cm³/mol. The highest BCUT2D eigenvalue weighted by atomic mass is 15.1. The predicted octanol–water partition coefficient (Wildman–Crippen LogP) is 9.80. The Morgan fingerprint density at radius 2 is 1.03 bits per heavy atom. The van der Waals surface area contributed by atoms with Crippen molar-refractivity contribution in [2.24, 2.45) is 10.2 Å². The van der Waals surface area contributed by atoms with Gasteiger partial charge >= 0.3 is 0 Å². The molecule has 0 unspecified atom stereocenters. The summed E-state index contributed by atoms with van der Waals surface area (Å²) in [6.45, 7) is 0. The van der Waals surface area contributed by atoms with Crippen LogP contribution < -0.4 is 0 Å². The average molecular weight is 431 g/mol. The van der Waals surface area contributed by atoms with E-state index in [1.54, 1.807) is 0 Å². The number of azo groups is 1. The molecular weight excluding hydrogens is 412 g/mol. The molecule has 0 N–H and O–H groups in total. The van der Waals surface area contributed by atoms with Crippen LogP contribution >= 0.6 is 0 Å². The zero-order valence-corrected chi connectivity index (χ0v) is 18.3. The summed E-state index contributed by atoms with van der Waals surface area (Å²) in [4.78, 5) is 0. The summed E-state index contributed by atoms with van der Waals surface area (Å²) in [5, 5.41) is 19.1. The van der Waals surface area contributed by atoms with Gasteiger partial charge < -0.3 is 0 Å². The summed E-state index contributed by atoms with van der Waals surface area (Å²) in [5.41, 5.74) is 6.65. The van der Waals surface area contributed by atoms with Crippen LogP contribution in [0.3, 0.4) is 0 Å². The van der Waals surface area contributed by atoms with E-state index in [-0.39, 0.29) is 0 Å². The number of benzene rings is 7. The lowest BCUT2D eigenvalue weighted by atomic mass is 9.86. The molecule has 7 aromatic rings. The van der Waals surface area contributed by atoms with E-state index in [0.29, 0.717) is 0 Å². The Balaban J connectivity index is 1.43. The fourth-order valence-corrected chi connectivity index (χ4v) is 5.75. The molecule has 0 spiro atoms. The van der Waals surface area contributed by atoms with Crippen molar-refractivity contribution in [1.29, 1.82) is 0 Å². The molecule has 2 nitrogen and oxygen atoms in total. The standard InChI is InChI=1S/C32H18N2/c1-4-21-5-3-9-28-30(21)26(7-1)27-8-2-6-22-14-16-25(32(28)31(22)27)20-12-10-19(11-13-20)24-17-15-23-18-29(24)34-33-23/h1-18H. The number of hydrogen-bond acceptors (Lipinski definition) is 2. The van der Waals surface area contributed by atoms with Crippen molar-refractivity contribution in [1.82, 2.24) is 0 Å². The second-order valence-electron chi connectivity index (χ2n) is 9.08. The van der Waals surface area contributed by atoms with Crippen molar-refractivity contribution >= 4 is 54.5 Å². The number of nitrogens with zero attached hydrogens (tertiary/aromatic N) is 2. The lowest BCUT2D eigenvalue weighted by Gasteiger charge is -2.17. The van der Waals surface area contributed by atoms with Crippen molar-refractivity contribution in [3.63, 3.8) is 0 Å². The SMILES string of the molecule is c1cc2cccc3c4c(-c5ccc(-c6ccc7cc6N=N7)cc5)ccc5cccc(c(c1)c23)c54. The summed E-state index contributed by atoms with van der Waals surface area (Å²) < 4.78 is 0. The Morgan fingerprint density at radius 3 is 1.79 bits per heavy atom. The molecule has 156 valence electrons. The van der Waals surface area contributed by atoms with Gasteiger partial charge in [0.1, 0.15) is 0 Å².